The molecule has 4 rings (SSSR count). The van der Waals surface area contributed by atoms with Crippen LogP contribution in [0.4, 0.5) is 10.1 Å². The lowest BCUT2D eigenvalue weighted by atomic mass is 10.1. The van der Waals surface area contributed by atoms with Crippen molar-refractivity contribution in [2.75, 3.05) is 37.6 Å². The number of piperazine rings is 1. The number of carbonyl (C=O) groups excluding carboxylic acids is 1. The van der Waals surface area contributed by atoms with Gasteiger partial charge in [0.15, 0.2) is 0 Å². The molecule has 1 saturated carbocycles. The van der Waals surface area contributed by atoms with E-state index < -0.39 is 17.2 Å². The number of carbonyl (C=O) groups is 2. The summed E-state index contributed by atoms with van der Waals surface area (Å²) in [4.78, 5) is 35.7. The summed E-state index contributed by atoms with van der Waals surface area (Å²) in [6, 6.07) is 2.80. The van der Waals surface area contributed by atoms with Crippen LogP contribution in [0.1, 0.15) is 48.5 Å². The zero-order valence-corrected chi connectivity index (χ0v) is 18.6. The van der Waals surface area contributed by atoms with Gasteiger partial charge in [0.05, 0.1) is 17.2 Å². The summed E-state index contributed by atoms with van der Waals surface area (Å²) >= 11 is 0. The van der Waals surface area contributed by atoms with Gasteiger partial charge in [-0.05, 0) is 44.4 Å². The van der Waals surface area contributed by atoms with Gasteiger partial charge in [-0.25, -0.2) is 9.18 Å². The maximum atomic E-state index is 14.6. The number of carboxylic acid groups (broad SMARTS) is 1. The normalized spacial score (nSPS) is 16.8. The second-order valence-electron chi connectivity index (χ2n) is 8.46. The van der Waals surface area contributed by atoms with Crippen LogP contribution in [-0.2, 0) is 4.79 Å². The zero-order valence-electron chi connectivity index (χ0n) is 18.6. The number of unbranched alkanes of at least 4 members (excludes halogenated alkanes) is 1. The highest BCUT2D eigenvalue weighted by Gasteiger charge is 2.28. The van der Waals surface area contributed by atoms with E-state index in [0.29, 0.717) is 30.8 Å². The predicted molar refractivity (Wildman–Crippen MR) is 125 cm³/mol. The van der Waals surface area contributed by atoms with E-state index in [0.717, 1.165) is 51.5 Å². The Morgan fingerprint density at radius 2 is 1.97 bits per heavy atom. The molecular formula is C23H32FN5O4. The van der Waals surface area contributed by atoms with Gasteiger partial charge in [-0.2, -0.15) is 0 Å². The van der Waals surface area contributed by atoms with E-state index in [9.17, 15) is 23.9 Å². The van der Waals surface area contributed by atoms with Gasteiger partial charge in [0.1, 0.15) is 17.7 Å². The van der Waals surface area contributed by atoms with E-state index in [1.807, 2.05) is 9.47 Å². The molecule has 6 N–H and O–H groups in total. The fourth-order valence-electron chi connectivity index (χ4n) is 3.91. The number of aromatic carboxylic acids is 1. The van der Waals surface area contributed by atoms with Crippen molar-refractivity contribution in [1.29, 1.82) is 0 Å². The number of pyridine rings is 1. The topological polar surface area (TPSA) is 144 Å². The molecule has 1 aliphatic carbocycles. The lowest BCUT2D eigenvalue weighted by Gasteiger charge is -2.30. The number of nitrogens with two attached hydrogens (primary N) is 2. The van der Waals surface area contributed by atoms with Crippen LogP contribution in [-0.4, -0.2) is 60.7 Å². The van der Waals surface area contributed by atoms with E-state index in [2.05, 4.69) is 5.32 Å². The fraction of sp³-hybridized carbons (Fsp3) is 0.522. The highest BCUT2D eigenvalue weighted by Crippen LogP contribution is 2.38. The van der Waals surface area contributed by atoms with E-state index in [4.69, 9.17) is 11.5 Å². The average molecular weight is 462 g/mol. The van der Waals surface area contributed by atoms with Gasteiger partial charge >= 0.3 is 5.97 Å². The molecule has 2 heterocycles. The Labute approximate surface area is 191 Å². The molecule has 180 valence electrons. The molecule has 2 aliphatic rings. The first kappa shape index (κ1) is 24.8. The van der Waals surface area contributed by atoms with Gasteiger partial charge in [0.25, 0.3) is 0 Å². The molecule has 1 aromatic heterocycles. The Bertz CT molecular complexity index is 1050. The quantitative estimate of drug-likeness (QED) is 0.339. The summed E-state index contributed by atoms with van der Waals surface area (Å²) in [5.74, 6) is -1.76. The summed E-state index contributed by atoms with van der Waals surface area (Å²) < 4.78 is 16.4. The molecule has 0 amide bonds. The number of rotatable bonds is 8. The SMILES string of the molecule is NCCCC[C@H](N)C=O.O=C(O)c1cn(C2CC2)c2cc(N3CCNCC3)c(F)cc2c1=O. The third kappa shape index (κ3) is 6.16. The van der Waals surface area contributed by atoms with Gasteiger partial charge in [0, 0.05) is 43.8 Å². The number of nitrogens with one attached hydrogen (secondary N) is 1. The molecule has 0 unspecified atom stereocenters. The number of fused-ring (bicyclic) bond motifs is 1. The lowest BCUT2D eigenvalue weighted by Crippen LogP contribution is -2.43. The van der Waals surface area contributed by atoms with Crippen LogP contribution < -0.4 is 27.1 Å². The number of hydrogen-bond donors (Lipinski definition) is 4. The minimum absolute atomic E-state index is 0.137. The Kier molecular flexibility index (Phi) is 8.54. The third-order valence-corrected chi connectivity index (χ3v) is 5.90. The smallest absolute Gasteiger partial charge is 0.341 e. The monoisotopic (exact) mass is 461 g/mol. The molecule has 1 aliphatic heterocycles. The van der Waals surface area contributed by atoms with E-state index >= 15 is 0 Å². The third-order valence-electron chi connectivity index (χ3n) is 5.90. The minimum atomic E-state index is -1.28. The van der Waals surface area contributed by atoms with Crippen molar-refractivity contribution < 1.29 is 19.1 Å². The highest BCUT2D eigenvalue weighted by molar-refractivity contribution is 5.93. The van der Waals surface area contributed by atoms with Gasteiger partial charge in [-0.1, -0.05) is 6.42 Å². The predicted octanol–water partition coefficient (Wildman–Crippen LogP) is 1.22. The summed E-state index contributed by atoms with van der Waals surface area (Å²) in [6.07, 6.45) is 6.74. The van der Waals surface area contributed by atoms with Gasteiger partial charge in [0.2, 0.25) is 5.43 Å². The Hall–Kier alpha value is -2.82. The van der Waals surface area contributed by atoms with E-state index in [-0.39, 0.29) is 23.0 Å². The maximum absolute atomic E-state index is 14.6. The molecule has 33 heavy (non-hydrogen) atoms. The molecule has 2 fully saturated rings. The number of halogens is 1. The van der Waals surface area contributed by atoms with Gasteiger partial charge < -0.3 is 36.2 Å². The number of hydrogen-bond acceptors (Lipinski definition) is 7. The number of nitrogens with zero attached hydrogens (tertiary/aromatic N) is 2. The molecule has 0 bridgehead atoms. The molecular weight excluding hydrogens is 429 g/mol. The van der Waals surface area contributed by atoms with Crippen molar-refractivity contribution in [1.82, 2.24) is 9.88 Å². The minimum Gasteiger partial charge on any atom is -0.477 e. The van der Waals surface area contributed by atoms with Crippen LogP contribution in [0.3, 0.4) is 0 Å². The van der Waals surface area contributed by atoms with Crippen molar-refractivity contribution in [3.05, 3.63) is 39.9 Å². The molecule has 1 saturated heterocycles. The number of benzene rings is 1. The molecule has 9 nitrogen and oxygen atoms in total. The van der Waals surface area contributed by atoms with E-state index in [1.54, 1.807) is 6.07 Å². The largest absolute Gasteiger partial charge is 0.477 e. The standard InChI is InChI=1S/C17H18FN3O3.C6H14N2O/c18-13-7-11-14(8-15(13)20-5-3-19-4-6-20)21(10-1-2-10)9-12(16(11)22)17(23)24;7-4-2-1-3-6(8)5-9/h7-10,19H,1-6H2,(H,23,24);5-6H,1-4,7-8H2/t;6-/m.0/s1. The molecule has 0 spiro atoms. The van der Waals surface area contributed by atoms with Crippen LogP contribution in [0.25, 0.3) is 10.9 Å². The molecule has 10 heteroatoms. The molecule has 1 aromatic carbocycles. The molecule has 0 radical (unpaired) electrons. The highest BCUT2D eigenvalue weighted by atomic mass is 19.1. The maximum Gasteiger partial charge on any atom is 0.341 e. The lowest BCUT2D eigenvalue weighted by molar-refractivity contribution is -0.109. The summed E-state index contributed by atoms with van der Waals surface area (Å²) in [5.41, 5.74) is 10.7. The Morgan fingerprint density at radius 3 is 2.55 bits per heavy atom. The molecule has 2 aromatic rings. The van der Waals surface area contributed by atoms with Gasteiger partial charge in [-0.15, -0.1) is 0 Å². The van der Waals surface area contributed by atoms with Gasteiger partial charge in [-0.3, -0.25) is 4.79 Å². The summed E-state index contributed by atoms with van der Waals surface area (Å²) in [6.45, 7) is 3.65. The van der Waals surface area contributed by atoms with E-state index in [1.165, 1.54) is 12.3 Å². The number of aldehydes is 1. The zero-order chi connectivity index (χ0) is 24.0. The van der Waals surface area contributed by atoms with Crippen LogP contribution in [0.15, 0.2) is 23.1 Å². The van der Waals surface area contributed by atoms with Crippen molar-refractivity contribution in [2.45, 2.75) is 44.2 Å². The Morgan fingerprint density at radius 1 is 1.27 bits per heavy atom. The molecule has 1 atom stereocenters. The van der Waals surface area contributed by atoms with Crippen LogP contribution >= 0.6 is 0 Å². The first-order valence-electron chi connectivity index (χ1n) is 11.4. The van der Waals surface area contributed by atoms with Crippen molar-refractivity contribution in [3.8, 4) is 0 Å². The van der Waals surface area contributed by atoms with Crippen LogP contribution in [0.5, 0.6) is 0 Å². The van der Waals surface area contributed by atoms with Crippen LogP contribution in [0, 0.1) is 5.82 Å². The summed E-state index contributed by atoms with van der Waals surface area (Å²) in [5, 5.41) is 12.6. The number of carboxylic acids is 1. The van der Waals surface area contributed by atoms with Crippen LogP contribution in [0.2, 0.25) is 0 Å². The second-order valence-corrected chi connectivity index (χ2v) is 8.46. The number of aromatic nitrogens is 1. The van der Waals surface area contributed by atoms with Crippen molar-refractivity contribution >= 4 is 28.8 Å². The first-order valence-corrected chi connectivity index (χ1v) is 11.4. The number of anilines is 1. The van der Waals surface area contributed by atoms with Crippen molar-refractivity contribution in [2.24, 2.45) is 11.5 Å². The Balaban J connectivity index is 0.000000292. The fourth-order valence-corrected chi connectivity index (χ4v) is 3.91. The second kappa shape index (κ2) is 11.4. The first-order chi connectivity index (χ1) is 15.9. The van der Waals surface area contributed by atoms with Crippen molar-refractivity contribution in [3.63, 3.8) is 0 Å². The average Bonchev–Trinajstić information content (AvgIpc) is 3.65. The summed E-state index contributed by atoms with van der Waals surface area (Å²) in [7, 11) is 0.